The van der Waals surface area contributed by atoms with Gasteiger partial charge in [-0.25, -0.2) is 4.98 Å². The molecule has 0 amide bonds. The van der Waals surface area contributed by atoms with Crippen LogP contribution in [0.3, 0.4) is 0 Å². The third-order valence-corrected chi connectivity index (χ3v) is 2.67. The van der Waals surface area contributed by atoms with E-state index in [1.807, 2.05) is 14.1 Å². The number of hydrogen-bond donors (Lipinski definition) is 1. The second kappa shape index (κ2) is 5.23. The van der Waals surface area contributed by atoms with Crippen molar-refractivity contribution in [1.82, 2.24) is 14.9 Å². The van der Waals surface area contributed by atoms with E-state index in [-0.39, 0.29) is 5.54 Å². The number of nitrogens with zero attached hydrogens (tertiary/aromatic N) is 3. The fraction of sp³-hybridized carbons (Fsp3) is 0.636. The summed E-state index contributed by atoms with van der Waals surface area (Å²) in [7, 11) is 4.04. The third kappa shape index (κ3) is 3.43. The van der Waals surface area contributed by atoms with Gasteiger partial charge in [0.2, 0.25) is 5.88 Å². The van der Waals surface area contributed by atoms with E-state index < -0.39 is 0 Å². The second-order valence-electron chi connectivity index (χ2n) is 4.55. The summed E-state index contributed by atoms with van der Waals surface area (Å²) in [4.78, 5) is 10.4. The molecule has 2 N–H and O–H groups in total. The fourth-order valence-electron chi connectivity index (χ4n) is 0.903. The molecule has 0 aromatic carbocycles. The van der Waals surface area contributed by atoms with Crippen molar-refractivity contribution in [2.75, 3.05) is 20.7 Å². The van der Waals surface area contributed by atoms with E-state index in [4.69, 9.17) is 10.5 Å². The van der Waals surface area contributed by atoms with Crippen LogP contribution in [-0.2, 0) is 6.54 Å². The van der Waals surface area contributed by atoms with E-state index in [2.05, 4.69) is 28.7 Å². The molecule has 0 aliphatic rings. The molecule has 0 atom stereocenters. The highest BCUT2D eigenvalue weighted by molar-refractivity contribution is 5.07. The molecule has 0 bridgehead atoms. The summed E-state index contributed by atoms with van der Waals surface area (Å²) in [5.41, 5.74) is 6.16. The number of aromatic nitrogens is 2. The zero-order valence-electron chi connectivity index (χ0n) is 10.4. The molecule has 0 radical (unpaired) electrons. The summed E-state index contributed by atoms with van der Waals surface area (Å²) in [6, 6.07) is 0. The lowest BCUT2D eigenvalue weighted by molar-refractivity contribution is 0.111. The van der Waals surface area contributed by atoms with Gasteiger partial charge in [-0.2, -0.15) is 0 Å². The van der Waals surface area contributed by atoms with Gasteiger partial charge < -0.3 is 15.4 Å². The molecule has 1 aromatic rings. The highest BCUT2D eigenvalue weighted by atomic mass is 16.5. The van der Waals surface area contributed by atoms with Crippen molar-refractivity contribution in [1.29, 1.82) is 0 Å². The maximum absolute atomic E-state index is 5.58. The van der Waals surface area contributed by atoms with E-state index in [0.29, 0.717) is 19.0 Å². The van der Waals surface area contributed by atoms with Crippen LogP contribution in [0.25, 0.3) is 0 Å². The van der Waals surface area contributed by atoms with Gasteiger partial charge >= 0.3 is 0 Å². The molecule has 1 heterocycles. The molecule has 0 aliphatic heterocycles. The molecular weight excluding hydrogens is 204 g/mol. The average molecular weight is 224 g/mol. The van der Waals surface area contributed by atoms with E-state index >= 15 is 0 Å². The summed E-state index contributed by atoms with van der Waals surface area (Å²) in [5, 5.41) is 0. The minimum Gasteiger partial charge on any atom is -0.475 e. The summed E-state index contributed by atoms with van der Waals surface area (Å²) < 4.78 is 5.58. The summed E-state index contributed by atoms with van der Waals surface area (Å²) in [6.45, 7) is 5.18. The van der Waals surface area contributed by atoms with Crippen LogP contribution in [0.5, 0.6) is 5.88 Å². The predicted octanol–water partition coefficient (Wildman–Crippen LogP) is 0.654. The van der Waals surface area contributed by atoms with E-state index in [1.54, 1.807) is 12.4 Å². The van der Waals surface area contributed by atoms with Gasteiger partial charge in [0.15, 0.2) is 0 Å². The first-order valence-corrected chi connectivity index (χ1v) is 5.27. The summed E-state index contributed by atoms with van der Waals surface area (Å²) >= 11 is 0. The minimum absolute atomic E-state index is 0.0335. The van der Waals surface area contributed by atoms with Gasteiger partial charge in [-0.05, 0) is 27.9 Å². The molecular formula is C11H20N4O. The lowest BCUT2D eigenvalue weighted by atomic mass is 10.1. The van der Waals surface area contributed by atoms with Crippen molar-refractivity contribution in [3.05, 3.63) is 18.1 Å². The Morgan fingerprint density at radius 3 is 2.44 bits per heavy atom. The zero-order chi connectivity index (χ0) is 12.2. The lowest BCUT2D eigenvalue weighted by Crippen LogP contribution is -2.43. The molecule has 90 valence electrons. The molecule has 5 nitrogen and oxygen atoms in total. The SMILES string of the molecule is CN(C)C(C)(C)COc1cnc(CN)cn1. The van der Waals surface area contributed by atoms with Crippen LogP contribution >= 0.6 is 0 Å². The van der Waals surface area contributed by atoms with Crippen LogP contribution in [-0.4, -0.2) is 41.1 Å². The Hall–Kier alpha value is -1.20. The maximum Gasteiger partial charge on any atom is 0.232 e. The molecule has 0 saturated carbocycles. The number of ether oxygens (including phenoxy) is 1. The van der Waals surface area contributed by atoms with Crippen molar-refractivity contribution in [2.45, 2.75) is 25.9 Å². The van der Waals surface area contributed by atoms with Crippen molar-refractivity contribution in [3.63, 3.8) is 0 Å². The third-order valence-electron chi connectivity index (χ3n) is 2.67. The summed E-state index contributed by atoms with van der Waals surface area (Å²) in [6.07, 6.45) is 3.24. The summed E-state index contributed by atoms with van der Waals surface area (Å²) in [5.74, 6) is 0.534. The van der Waals surface area contributed by atoms with Crippen LogP contribution in [0.2, 0.25) is 0 Å². The second-order valence-corrected chi connectivity index (χ2v) is 4.55. The maximum atomic E-state index is 5.58. The normalized spacial score (nSPS) is 11.9. The quantitative estimate of drug-likeness (QED) is 0.795. The standard InChI is InChI=1S/C11H20N4O/c1-11(2,15(3)4)8-16-10-7-13-9(5-12)6-14-10/h6-7H,5,8,12H2,1-4H3. The first-order valence-electron chi connectivity index (χ1n) is 5.27. The van der Waals surface area contributed by atoms with Gasteiger partial charge in [0.1, 0.15) is 6.61 Å². The molecule has 0 fully saturated rings. The molecule has 16 heavy (non-hydrogen) atoms. The fourth-order valence-corrected chi connectivity index (χ4v) is 0.903. The van der Waals surface area contributed by atoms with Gasteiger partial charge in [0.25, 0.3) is 0 Å². The van der Waals surface area contributed by atoms with Crippen LogP contribution in [0, 0.1) is 0 Å². The van der Waals surface area contributed by atoms with E-state index in [1.165, 1.54) is 0 Å². The van der Waals surface area contributed by atoms with Gasteiger partial charge in [0, 0.05) is 12.1 Å². The molecule has 1 rings (SSSR count). The topological polar surface area (TPSA) is 64.3 Å². The Kier molecular flexibility index (Phi) is 4.20. The Bertz CT molecular complexity index is 321. The van der Waals surface area contributed by atoms with E-state index in [0.717, 1.165) is 5.69 Å². The van der Waals surface area contributed by atoms with Crippen LogP contribution < -0.4 is 10.5 Å². The van der Waals surface area contributed by atoms with E-state index in [9.17, 15) is 0 Å². The van der Waals surface area contributed by atoms with Crippen molar-refractivity contribution in [3.8, 4) is 5.88 Å². The van der Waals surface area contributed by atoms with Gasteiger partial charge in [0.05, 0.1) is 18.1 Å². The number of likely N-dealkylation sites (N-methyl/N-ethyl adjacent to an activating group) is 1. The Labute approximate surface area is 96.6 Å². The molecule has 0 aliphatic carbocycles. The smallest absolute Gasteiger partial charge is 0.232 e. The Morgan fingerprint density at radius 1 is 1.31 bits per heavy atom. The van der Waals surface area contributed by atoms with Crippen LogP contribution in [0.1, 0.15) is 19.5 Å². The van der Waals surface area contributed by atoms with Crippen molar-refractivity contribution < 1.29 is 4.74 Å². The molecule has 0 saturated heterocycles. The largest absolute Gasteiger partial charge is 0.475 e. The predicted molar refractivity (Wildman–Crippen MR) is 63.2 cm³/mol. The van der Waals surface area contributed by atoms with Crippen molar-refractivity contribution in [2.24, 2.45) is 5.73 Å². The number of hydrogen-bond acceptors (Lipinski definition) is 5. The number of nitrogens with two attached hydrogens (primary N) is 1. The first kappa shape index (κ1) is 12.9. The minimum atomic E-state index is -0.0335. The molecule has 1 aromatic heterocycles. The highest BCUT2D eigenvalue weighted by Gasteiger charge is 2.21. The molecule has 0 unspecified atom stereocenters. The molecule has 5 heteroatoms. The van der Waals surface area contributed by atoms with Gasteiger partial charge in [-0.3, -0.25) is 4.98 Å². The van der Waals surface area contributed by atoms with Gasteiger partial charge in [-0.15, -0.1) is 0 Å². The lowest BCUT2D eigenvalue weighted by Gasteiger charge is -2.31. The first-order chi connectivity index (χ1) is 7.45. The monoisotopic (exact) mass is 224 g/mol. The highest BCUT2D eigenvalue weighted by Crippen LogP contribution is 2.12. The molecule has 0 spiro atoms. The number of rotatable bonds is 5. The van der Waals surface area contributed by atoms with Crippen LogP contribution in [0.15, 0.2) is 12.4 Å². The Balaban J connectivity index is 2.54. The van der Waals surface area contributed by atoms with Gasteiger partial charge in [-0.1, -0.05) is 0 Å². The Morgan fingerprint density at radius 2 is 2.00 bits per heavy atom. The zero-order valence-corrected chi connectivity index (χ0v) is 10.4. The average Bonchev–Trinajstić information content (AvgIpc) is 2.27. The van der Waals surface area contributed by atoms with Crippen molar-refractivity contribution >= 4 is 0 Å². The van der Waals surface area contributed by atoms with Crippen LogP contribution in [0.4, 0.5) is 0 Å².